The molecule has 0 aromatic rings. The highest BCUT2D eigenvalue weighted by Gasteiger charge is 2.06. The normalized spacial score (nSPS) is 14.6. The Hall–Kier alpha value is -0.570. The molecule has 3 heteroatoms. The maximum absolute atomic E-state index is 4.31. The van der Waals surface area contributed by atoms with E-state index in [4.69, 9.17) is 0 Å². The quantitative estimate of drug-likeness (QED) is 0.521. The molecule has 3 nitrogen and oxygen atoms in total. The highest BCUT2D eigenvalue weighted by Crippen LogP contribution is 1.91. The Morgan fingerprint density at radius 1 is 1.29 bits per heavy atom. The molecule has 84 valence electrons. The van der Waals surface area contributed by atoms with Crippen molar-refractivity contribution in [3.8, 4) is 0 Å². The van der Waals surface area contributed by atoms with Gasteiger partial charge in [-0.05, 0) is 33.9 Å². The van der Waals surface area contributed by atoms with Gasteiger partial charge in [0.25, 0.3) is 0 Å². The monoisotopic (exact) mass is 199 g/mol. The number of nitrogens with one attached hydrogen (secondary N) is 1. The Morgan fingerprint density at radius 3 is 2.29 bits per heavy atom. The molecule has 0 bridgehead atoms. The van der Waals surface area contributed by atoms with Gasteiger partial charge in [0.2, 0.25) is 0 Å². The van der Waals surface area contributed by atoms with E-state index >= 15 is 0 Å². The number of likely N-dealkylation sites (N-methyl/N-ethyl adjacent to an activating group) is 1. The van der Waals surface area contributed by atoms with Crippen LogP contribution in [0.1, 0.15) is 34.6 Å². The molecule has 0 saturated heterocycles. The molecule has 0 amide bonds. The molecule has 0 saturated carbocycles. The zero-order chi connectivity index (χ0) is 11.0. The summed E-state index contributed by atoms with van der Waals surface area (Å²) >= 11 is 0. The van der Waals surface area contributed by atoms with Crippen molar-refractivity contribution in [1.29, 1.82) is 0 Å². The molecular weight excluding hydrogens is 174 g/mol. The Labute approximate surface area is 88.6 Å². The van der Waals surface area contributed by atoms with Gasteiger partial charge < -0.3 is 10.2 Å². The van der Waals surface area contributed by atoms with Crippen LogP contribution in [0.5, 0.6) is 0 Å². The summed E-state index contributed by atoms with van der Waals surface area (Å²) in [5.41, 5.74) is 0. The molecule has 0 fully saturated rings. The highest BCUT2D eigenvalue weighted by atomic mass is 15.1. The van der Waals surface area contributed by atoms with Crippen molar-refractivity contribution in [2.24, 2.45) is 4.99 Å². The van der Waals surface area contributed by atoms with E-state index in [1.807, 2.05) is 6.92 Å². The molecule has 0 aliphatic carbocycles. The Balaban J connectivity index is 3.84. The van der Waals surface area contributed by atoms with E-state index < -0.39 is 0 Å². The fourth-order valence-electron chi connectivity index (χ4n) is 1.55. The first kappa shape index (κ1) is 13.4. The lowest BCUT2D eigenvalue weighted by atomic mass is 10.3. The first-order chi connectivity index (χ1) is 6.63. The van der Waals surface area contributed by atoms with Gasteiger partial charge in [-0.1, -0.05) is 13.8 Å². The van der Waals surface area contributed by atoms with Crippen molar-refractivity contribution >= 4 is 5.84 Å². The second-order valence-electron chi connectivity index (χ2n) is 3.59. The van der Waals surface area contributed by atoms with Crippen LogP contribution in [0.15, 0.2) is 4.99 Å². The fraction of sp³-hybridized carbons (Fsp3) is 0.909. The lowest BCUT2D eigenvalue weighted by molar-refractivity contribution is 0.281. The standard InChI is InChI=1S/C11H25N3/c1-6-12-11(5)13-10(4)9-14(7-2)8-3/h10H,6-9H2,1-5H3,(H,12,13). The molecule has 14 heavy (non-hydrogen) atoms. The molecule has 1 unspecified atom stereocenters. The van der Waals surface area contributed by atoms with Crippen LogP contribution in [0.4, 0.5) is 0 Å². The Kier molecular flexibility index (Phi) is 7.48. The van der Waals surface area contributed by atoms with E-state index in [2.05, 4.69) is 42.9 Å². The highest BCUT2D eigenvalue weighted by molar-refractivity contribution is 5.79. The molecule has 0 radical (unpaired) electrons. The molecule has 0 aromatic heterocycles. The average molecular weight is 199 g/mol. The maximum atomic E-state index is 4.31. The number of amidine groups is 1. The van der Waals surface area contributed by atoms with Crippen LogP contribution >= 0.6 is 0 Å². The van der Waals surface area contributed by atoms with Crippen molar-refractivity contribution in [1.82, 2.24) is 10.2 Å². The van der Waals surface area contributed by atoms with Crippen molar-refractivity contribution in [2.45, 2.75) is 40.7 Å². The summed E-state index contributed by atoms with van der Waals surface area (Å²) in [6, 6.07) is 0.477. The SMILES string of the molecule is CCN=C(C)NC(C)CN(CC)CC. The third-order valence-electron chi connectivity index (χ3n) is 2.28. The zero-order valence-corrected chi connectivity index (χ0v) is 10.3. The van der Waals surface area contributed by atoms with Gasteiger partial charge in [-0.15, -0.1) is 0 Å². The minimum atomic E-state index is 0.477. The molecule has 0 aromatic carbocycles. The average Bonchev–Trinajstić information content (AvgIpc) is 2.14. The molecular formula is C11H25N3. The molecule has 1 atom stereocenters. The van der Waals surface area contributed by atoms with E-state index in [0.717, 1.165) is 32.0 Å². The Bertz CT molecular complexity index is 162. The van der Waals surface area contributed by atoms with Crippen LogP contribution < -0.4 is 5.32 Å². The molecule has 0 aliphatic rings. The number of hydrogen-bond donors (Lipinski definition) is 1. The van der Waals surface area contributed by atoms with Crippen molar-refractivity contribution < 1.29 is 0 Å². The van der Waals surface area contributed by atoms with Crippen LogP contribution in [-0.2, 0) is 0 Å². The lowest BCUT2D eigenvalue weighted by Crippen LogP contribution is -2.41. The molecule has 0 spiro atoms. The number of rotatable bonds is 6. The van der Waals surface area contributed by atoms with Gasteiger partial charge in [-0.2, -0.15) is 0 Å². The van der Waals surface area contributed by atoms with Gasteiger partial charge in [0.05, 0.1) is 5.84 Å². The molecule has 1 N–H and O–H groups in total. The third kappa shape index (κ3) is 5.97. The van der Waals surface area contributed by atoms with Gasteiger partial charge >= 0.3 is 0 Å². The van der Waals surface area contributed by atoms with Crippen molar-refractivity contribution in [3.63, 3.8) is 0 Å². The Morgan fingerprint density at radius 2 is 1.86 bits per heavy atom. The van der Waals surface area contributed by atoms with Gasteiger partial charge in [0.1, 0.15) is 0 Å². The van der Waals surface area contributed by atoms with E-state index in [0.29, 0.717) is 6.04 Å². The van der Waals surface area contributed by atoms with Gasteiger partial charge in [0, 0.05) is 19.1 Å². The van der Waals surface area contributed by atoms with E-state index in [1.54, 1.807) is 0 Å². The smallest absolute Gasteiger partial charge is 0.0933 e. The molecule has 0 rings (SSSR count). The van der Waals surface area contributed by atoms with Crippen LogP contribution in [0.3, 0.4) is 0 Å². The second-order valence-corrected chi connectivity index (χ2v) is 3.59. The van der Waals surface area contributed by atoms with Gasteiger partial charge in [-0.25, -0.2) is 0 Å². The number of hydrogen-bond acceptors (Lipinski definition) is 2. The summed E-state index contributed by atoms with van der Waals surface area (Å²) < 4.78 is 0. The zero-order valence-electron chi connectivity index (χ0n) is 10.3. The van der Waals surface area contributed by atoms with Gasteiger partial charge in [0.15, 0.2) is 0 Å². The van der Waals surface area contributed by atoms with Crippen molar-refractivity contribution in [3.05, 3.63) is 0 Å². The minimum absolute atomic E-state index is 0.477. The number of nitrogens with zero attached hydrogens (tertiary/aromatic N) is 2. The molecule has 0 aliphatic heterocycles. The third-order valence-corrected chi connectivity index (χ3v) is 2.28. The summed E-state index contributed by atoms with van der Waals surface area (Å²) in [5.74, 6) is 1.05. The van der Waals surface area contributed by atoms with Crippen LogP contribution in [0, 0.1) is 0 Å². The maximum Gasteiger partial charge on any atom is 0.0933 e. The van der Waals surface area contributed by atoms with E-state index in [1.165, 1.54) is 0 Å². The lowest BCUT2D eigenvalue weighted by Gasteiger charge is -2.23. The van der Waals surface area contributed by atoms with Crippen LogP contribution in [0.25, 0.3) is 0 Å². The second kappa shape index (κ2) is 7.80. The van der Waals surface area contributed by atoms with Gasteiger partial charge in [-0.3, -0.25) is 4.99 Å². The number of aliphatic imine (C=N–C) groups is 1. The van der Waals surface area contributed by atoms with Crippen molar-refractivity contribution in [2.75, 3.05) is 26.2 Å². The van der Waals surface area contributed by atoms with Crippen LogP contribution in [-0.4, -0.2) is 43.0 Å². The fourth-order valence-corrected chi connectivity index (χ4v) is 1.55. The first-order valence-corrected chi connectivity index (χ1v) is 5.63. The van der Waals surface area contributed by atoms with Crippen LogP contribution in [0.2, 0.25) is 0 Å². The predicted molar refractivity (Wildman–Crippen MR) is 64.0 cm³/mol. The summed E-state index contributed by atoms with van der Waals surface area (Å²) in [6.45, 7) is 14.9. The summed E-state index contributed by atoms with van der Waals surface area (Å²) in [5, 5.41) is 3.39. The summed E-state index contributed by atoms with van der Waals surface area (Å²) in [4.78, 5) is 6.72. The summed E-state index contributed by atoms with van der Waals surface area (Å²) in [6.07, 6.45) is 0. The summed E-state index contributed by atoms with van der Waals surface area (Å²) in [7, 11) is 0. The topological polar surface area (TPSA) is 27.6 Å². The minimum Gasteiger partial charge on any atom is -0.370 e. The first-order valence-electron chi connectivity index (χ1n) is 5.63. The molecule has 0 heterocycles. The van der Waals surface area contributed by atoms with E-state index in [-0.39, 0.29) is 0 Å². The predicted octanol–water partition coefficient (Wildman–Crippen LogP) is 1.74. The van der Waals surface area contributed by atoms with E-state index in [9.17, 15) is 0 Å². The largest absolute Gasteiger partial charge is 0.370 e.